The average molecular weight is 472 g/mol. The Labute approximate surface area is 202 Å². The van der Waals surface area contributed by atoms with Gasteiger partial charge in [0.05, 0.1) is 17.3 Å². The lowest BCUT2D eigenvalue weighted by Crippen LogP contribution is -2.55. The van der Waals surface area contributed by atoms with Gasteiger partial charge in [-0.3, -0.25) is 24.2 Å². The first-order chi connectivity index (χ1) is 16.9. The Morgan fingerprint density at radius 1 is 1.11 bits per heavy atom. The van der Waals surface area contributed by atoms with Gasteiger partial charge in [0.25, 0.3) is 5.91 Å². The highest BCUT2D eigenvalue weighted by Crippen LogP contribution is 2.46. The van der Waals surface area contributed by atoms with Gasteiger partial charge >= 0.3 is 0 Å². The standard InChI is InChI=1S/C27H26FN5O2/c1-31-23-7-5-18(10-20(23)12-29-31)19-4-6-21(22(28)11-19)24-30-27(8-9-27)26(35)33(24)15-16-13-32(14-16)25(34)17-2-3-17/h4-7,10-12,16-17H,2-3,8-9,13-15H2,1H3. The molecular weight excluding hydrogens is 445 g/mol. The lowest BCUT2D eigenvalue weighted by atomic mass is 9.97. The van der Waals surface area contributed by atoms with Gasteiger partial charge in [0.15, 0.2) is 0 Å². The van der Waals surface area contributed by atoms with Gasteiger partial charge in [-0.05, 0) is 61.1 Å². The number of hydrogen-bond acceptors (Lipinski definition) is 4. The molecule has 2 aromatic carbocycles. The molecule has 0 N–H and O–H groups in total. The van der Waals surface area contributed by atoms with Crippen LogP contribution in [0.3, 0.4) is 0 Å². The predicted octanol–water partition coefficient (Wildman–Crippen LogP) is 3.37. The second-order valence-corrected chi connectivity index (χ2v) is 10.5. The first-order valence-electron chi connectivity index (χ1n) is 12.3. The fourth-order valence-corrected chi connectivity index (χ4v) is 5.41. The Kier molecular flexibility index (Phi) is 4.29. The van der Waals surface area contributed by atoms with Gasteiger partial charge in [0.1, 0.15) is 17.2 Å². The largest absolute Gasteiger partial charge is 0.342 e. The minimum Gasteiger partial charge on any atom is -0.342 e. The molecule has 2 aliphatic carbocycles. The molecule has 3 heterocycles. The minimum atomic E-state index is -0.695. The van der Waals surface area contributed by atoms with Crippen molar-refractivity contribution in [1.82, 2.24) is 19.6 Å². The summed E-state index contributed by atoms with van der Waals surface area (Å²) in [6.45, 7) is 1.81. The molecule has 3 fully saturated rings. The number of nitrogens with zero attached hydrogens (tertiary/aromatic N) is 5. The number of rotatable bonds is 5. The number of carbonyl (C=O) groups excluding carboxylic acids is 2. The fraction of sp³-hybridized carbons (Fsp3) is 0.407. The monoisotopic (exact) mass is 471 g/mol. The van der Waals surface area contributed by atoms with Gasteiger partial charge in [-0.25, -0.2) is 4.39 Å². The Balaban J connectivity index is 1.14. The normalized spacial score (nSPS) is 21.1. The zero-order valence-electron chi connectivity index (χ0n) is 19.6. The molecule has 178 valence electrons. The molecule has 8 heteroatoms. The number of halogens is 1. The summed E-state index contributed by atoms with van der Waals surface area (Å²) in [5.41, 5.74) is 2.36. The van der Waals surface area contributed by atoms with Gasteiger partial charge in [-0.2, -0.15) is 5.10 Å². The second kappa shape index (κ2) is 7.23. The summed E-state index contributed by atoms with van der Waals surface area (Å²) in [6.07, 6.45) is 5.22. The Morgan fingerprint density at radius 3 is 2.57 bits per heavy atom. The van der Waals surface area contributed by atoms with Crippen molar-refractivity contribution in [3.8, 4) is 11.1 Å². The number of amidine groups is 1. The van der Waals surface area contributed by atoms with Crippen molar-refractivity contribution >= 4 is 28.6 Å². The first-order valence-corrected chi connectivity index (χ1v) is 12.3. The van der Waals surface area contributed by atoms with Gasteiger partial charge in [0.2, 0.25) is 5.91 Å². The highest BCUT2D eigenvalue weighted by Gasteiger charge is 2.58. The van der Waals surface area contributed by atoms with Gasteiger partial charge in [-0.15, -0.1) is 0 Å². The summed E-state index contributed by atoms with van der Waals surface area (Å²) in [5.74, 6) is 0.683. The molecule has 2 amide bonds. The summed E-state index contributed by atoms with van der Waals surface area (Å²) in [7, 11) is 1.89. The maximum absolute atomic E-state index is 15.5. The van der Waals surface area contributed by atoms with Crippen LogP contribution in [0.25, 0.3) is 22.0 Å². The van der Waals surface area contributed by atoms with Crippen LogP contribution in [0.15, 0.2) is 47.6 Å². The van der Waals surface area contributed by atoms with Gasteiger partial charge in [0, 0.05) is 43.9 Å². The van der Waals surface area contributed by atoms with E-state index in [2.05, 4.69) is 5.10 Å². The van der Waals surface area contributed by atoms with E-state index in [-0.39, 0.29) is 29.5 Å². The predicted molar refractivity (Wildman–Crippen MR) is 129 cm³/mol. The minimum absolute atomic E-state index is 0.0232. The molecule has 0 radical (unpaired) electrons. The Bertz CT molecular complexity index is 1430. The first kappa shape index (κ1) is 20.8. The topological polar surface area (TPSA) is 70.8 Å². The molecular formula is C27H26FN5O2. The van der Waals surface area contributed by atoms with E-state index < -0.39 is 5.54 Å². The van der Waals surface area contributed by atoms with Crippen molar-refractivity contribution < 1.29 is 14.0 Å². The van der Waals surface area contributed by atoms with E-state index >= 15 is 4.39 Å². The van der Waals surface area contributed by atoms with E-state index in [1.807, 2.05) is 40.9 Å². The number of aromatic nitrogens is 2. The zero-order valence-corrected chi connectivity index (χ0v) is 19.6. The third-order valence-electron chi connectivity index (χ3n) is 7.87. The summed E-state index contributed by atoms with van der Waals surface area (Å²) >= 11 is 0. The molecule has 7 nitrogen and oxygen atoms in total. The molecule has 1 spiro atoms. The number of fused-ring (bicyclic) bond motifs is 1. The highest BCUT2D eigenvalue weighted by atomic mass is 19.1. The molecule has 0 unspecified atom stereocenters. The molecule has 1 aromatic heterocycles. The number of likely N-dealkylation sites (tertiary alicyclic amines) is 1. The maximum Gasteiger partial charge on any atom is 0.256 e. The van der Waals surface area contributed by atoms with Crippen molar-refractivity contribution in [3.05, 3.63) is 54.0 Å². The number of carbonyl (C=O) groups is 2. The average Bonchev–Trinajstić information content (AvgIpc) is 3.75. The number of hydrogen-bond donors (Lipinski definition) is 0. The lowest BCUT2D eigenvalue weighted by Gasteiger charge is -2.41. The molecule has 0 atom stereocenters. The van der Waals surface area contributed by atoms with E-state index in [9.17, 15) is 9.59 Å². The van der Waals surface area contributed by atoms with Gasteiger partial charge in [-0.1, -0.05) is 12.1 Å². The third kappa shape index (κ3) is 3.30. The quantitative estimate of drug-likeness (QED) is 0.573. The summed E-state index contributed by atoms with van der Waals surface area (Å²) in [6, 6.07) is 11.1. The van der Waals surface area contributed by atoms with Crippen LogP contribution >= 0.6 is 0 Å². The van der Waals surface area contributed by atoms with Crippen molar-refractivity contribution in [2.75, 3.05) is 19.6 Å². The van der Waals surface area contributed by atoms with Crippen molar-refractivity contribution in [2.45, 2.75) is 31.2 Å². The molecule has 0 bridgehead atoms. The number of benzene rings is 2. The van der Waals surface area contributed by atoms with Crippen LogP contribution in [0.2, 0.25) is 0 Å². The Morgan fingerprint density at radius 2 is 1.86 bits per heavy atom. The van der Waals surface area contributed by atoms with Crippen molar-refractivity contribution in [2.24, 2.45) is 23.9 Å². The van der Waals surface area contributed by atoms with Crippen molar-refractivity contribution in [3.63, 3.8) is 0 Å². The molecule has 2 aliphatic heterocycles. The van der Waals surface area contributed by atoms with E-state index in [1.165, 1.54) is 6.07 Å². The smallest absolute Gasteiger partial charge is 0.256 e. The molecule has 3 aromatic rings. The lowest BCUT2D eigenvalue weighted by molar-refractivity contribution is -0.139. The third-order valence-corrected chi connectivity index (χ3v) is 7.87. The molecule has 35 heavy (non-hydrogen) atoms. The van der Waals surface area contributed by atoms with Crippen molar-refractivity contribution in [1.29, 1.82) is 0 Å². The van der Waals surface area contributed by atoms with Crippen LogP contribution in [0, 0.1) is 17.7 Å². The summed E-state index contributed by atoms with van der Waals surface area (Å²) in [4.78, 5) is 33.8. The molecule has 4 aliphatic rings. The molecule has 1 saturated heterocycles. The molecule has 7 rings (SSSR count). The van der Waals surface area contributed by atoms with E-state index in [0.29, 0.717) is 43.9 Å². The van der Waals surface area contributed by atoms with Gasteiger partial charge < -0.3 is 4.90 Å². The van der Waals surface area contributed by atoms with Crippen LogP contribution in [-0.4, -0.2) is 62.4 Å². The second-order valence-electron chi connectivity index (χ2n) is 10.5. The molecule has 2 saturated carbocycles. The maximum atomic E-state index is 15.5. The number of aliphatic imine (C=N–C) groups is 1. The van der Waals surface area contributed by atoms with E-state index in [0.717, 1.165) is 34.9 Å². The summed E-state index contributed by atoms with van der Waals surface area (Å²) in [5, 5.41) is 5.28. The summed E-state index contributed by atoms with van der Waals surface area (Å²) < 4.78 is 17.3. The van der Waals surface area contributed by atoms with Crippen LogP contribution in [0.5, 0.6) is 0 Å². The SMILES string of the molecule is Cn1ncc2cc(-c3ccc(C4=NC5(CC5)C(=O)N4CC4CN(C(=O)C5CC5)C4)c(F)c3)ccc21. The highest BCUT2D eigenvalue weighted by molar-refractivity contribution is 6.16. The van der Waals surface area contributed by atoms with E-state index in [1.54, 1.807) is 17.2 Å². The zero-order chi connectivity index (χ0) is 23.9. The fourth-order valence-electron chi connectivity index (χ4n) is 5.41. The number of amides is 2. The van der Waals surface area contributed by atoms with Crippen LogP contribution in [0.1, 0.15) is 31.2 Å². The van der Waals surface area contributed by atoms with E-state index in [4.69, 9.17) is 4.99 Å². The Hall–Kier alpha value is -3.55. The van der Waals surface area contributed by atoms with Crippen LogP contribution in [-0.2, 0) is 16.6 Å². The van der Waals surface area contributed by atoms with Crippen LogP contribution < -0.4 is 0 Å². The number of aryl methyl sites for hydroxylation is 1. The van der Waals surface area contributed by atoms with Crippen LogP contribution in [0.4, 0.5) is 4.39 Å².